The van der Waals surface area contributed by atoms with Crippen LogP contribution in [0.15, 0.2) is 107 Å². The zero-order valence-electron chi connectivity index (χ0n) is 19.2. The fraction of sp³-hybridized carbons (Fsp3) is 0.0667. The molecule has 0 fully saturated rings. The van der Waals surface area contributed by atoms with Crippen molar-refractivity contribution < 1.29 is 13.9 Å². The average Bonchev–Trinajstić information content (AvgIpc) is 2.89. The molecule has 6 heteroatoms. The molecule has 36 heavy (non-hydrogen) atoms. The van der Waals surface area contributed by atoms with Crippen molar-refractivity contribution in [1.82, 2.24) is 0 Å². The Morgan fingerprint density at radius 3 is 2.42 bits per heavy atom. The van der Waals surface area contributed by atoms with E-state index in [1.54, 1.807) is 36.4 Å². The molecule has 0 radical (unpaired) electrons. The molecule has 4 aromatic rings. The van der Waals surface area contributed by atoms with E-state index in [1.807, 2.05) is 60.7 Å². The second-order valence-electron chi connectivity index (χ2n) is 8.07. The summed E-state index contributed by atoms with van der Waals surface area (Å²) in [6, 6.07) is 30.8. The summed E-state index contributed by atoms with van der Waals surface area (Å²) in [7, 11) is 0. The first-order valence-electron chi connectivity index (χ1n) is 11.2. The number of carbonyl (C=O) groups is 1. The number of nitriles is 1. The minimum absolute atomic E-state index is 0.0435. The van der Waals surface area contributed by atoms with Crippen LogP contribution in [0.1, 0.15) is 22.3 Å². The lowest BCUT2D eigenvalue weighted by atomic mass is 9.98. The van der Waals surface area contributed by atoms with E-state index in [9.17, 15) is 14.4 Å². The van der Waals surface area contributed by atoms with Crippen LogP contribution >= 0.6 is 15.9 Å². The lowest BCUT2D eigenvalue weighted by Gasteiger charge is -2.10. The van der Waals surface area contributed by atoms with Gasteiger partial charge in [0.25, 0.3) is 5.91 Å². The van der Waals surface area contributed by atoms with Gasteiger partial charge in [0.15, 0.2) is 0 Å². The molecule has 0 unspecified atom stereocenters. The highest BCUT2D eigenvalue weighted by Crippen LogP contribution is 2.23. The molecule has 4 aromatic carbocycles. The molecule has 1 amide bonds. The Hall–Kier alpha value is -4.21. The molecular formula is C30H22BrFN2O2. The highest BCUT2D eigenvalue weighted by Gasteiger charge is 2.12. The van der Waals surface area contributed by atoms with Crippen LogP contribution in [0.4, 0.5) is 10.1 Å². The lowest BCUT2D eigenvalue weighted by Crippen LogP contribution is -2.13. The van der Waals surface area contributed by atoms with Crippen LogP contribution in [-0.4, -0.2) is 5.91 Å². The summed E-state index contributed by atoms with van der Waals surface area (Å²) in [6.07, 6.45) is 2.01. The summed E-state index contributed by atoms with van der Waals surface area (Å²) in [5.74, 6) is -0.161. The van der Waals surface area contributed by atoms with Crippen LogP contribution in [0.25, 0.3) is 6.08 Å². The van der Waals surface area contributed by atoms with Crippen molar-refractivity contribution >= 4 is 33.6 Å². The van der Waals surface area contributed by atoms with Crippen molar-refractivity contribution in [1.29, 1.82) is 5.26 Å². The van der Waals surface area contributed by atoms with Crippen LogP contribution in [-0.2, 0) is 17.8 Å². The van der Waals surface area contributed by atoms with Gasteiger partial charge in [0, 0.05) is 10.2 Å². The van der Waals surface area contributed by atoms with Crippen molar-refractivity contribution in [2.45, 2.75) is 13.0 Å². The first kappa shape index (κ1) is 24.9. The van der Waals surface area contributed by atoms with E-state index in [4.69, 9.17) is 4.74 Å². The Morgan fingerprint density at radius 1 is 0.944 bits per heavy atom. The van der Waals surface area contributed by atoms with Crippen LogP contribution in [0, 0.1) is 17.1 Å². The number of halogens is 2. The van der Waals surface area contributed by atoms with Gasteiger partial charge in [-0.2, -0.15) is 5.26 Å². The van der Waals surface area contributed by atoms with Crippen molar-refractivity contribution in [3.63, 3.8) is 0 Å². The van der Waals surface area contributed by atoms with Gasteiger partial charge < -0.3 is 10.1 Å². The number of nitrogens with zero attached hydrogens (tertiary/aromatic N) is 1. The van der Waals surface area contributed by atoms with Crippen LogP contribution < -0.4 is 10.1 Å². The fourth-order valence-corrected chi connectivity index (χ4v) is 3.98. The van der Waals surface area contributed by atoms with Crippen LogP contribution in [0.2, 0.25) is 0 Å². The number of rotatable bonds is 8. The van der Waals surface area contributed by atoms with Gasteiger partial charge in [-0.25, -0.2) is 4.39 Å². The van der Waals surface area contributed by atoms with E-state index >= 15 is 0 Å². The summed E-state index contributed by atoms with van der Waals surface area (Å²) < 4.78 is 20.2. The number of nitrogens with one attached hydrogen (secondary N) is 1. The quantitative estimate of drug-likeness (QED) is 0.188. The summed E-state index contributed by atoms with van der Waals surface area (Å²) >= 11 is 3.45. The molecular weight excluding hydrogens is 519 g/mol. The van der Waals surface area contributed by atoms with Crippen molar-refractivity contribution in [3.8, 4) is 11.8 Å². The maximum atomic E-state index is 13.6. The zero-order chi connectivity index (χ0) is 25.3. The van der Waals surface area contributed by atoms with Gasteiger partial charge in [0.2, 0.25) is 0 Å². The lowest BCUT2D eigenvalue weighted by molar-refractivity contribution is -0.112. The average molecular weight is 541 g/mol. The van der Waals surface area contributed by atoms with E-state index in [-0.39, 0.29) is 11.4 Å². The number of hydrogen-bond donors (Lipinski definition) is 1. The second kappa shape index (κ2) is 12.0. The van der Waals surface area contributed by atoms with Gasteiger partial charge in [0.1, 0.15) is 29.8 Å². The molecule has 0 aliphatic heterocycles. The number of anilines is 1. The summed E-state index contributed by atoms with van der Waals surface area (Å²) in [6.45, 7) is 0.443. The molecule has 0 saturated carbocycles. The topological polar surface area (TPSA) is 62.1 Å². The molecule has 4 nitrogen and oxygen atoms in total. The van der Waals surface area contributed by atoms with E-state index in [1.165, 1.54) is 12.1 Å². The molecule has 0 heterocycles. The number of benzene rings is 4. The Morgan fingerprint density at radius 2 is 1.69 bits per heavy atom. The highest BCUT2D eigenvalue weighted by molar-refractivity contribution is 9.10. The van der Waals surface area contributed by atoms with E-state index in [0.717, 1.165) is 21.2 Å². The Balaban J connectivity index is 1.46. The smallest absolute Gasteiger partial charge is 0.266 e. The van der Waals surface area contributed by atoms with E-state index < -0.39 is 5.91 Å². The SMILES string of the molecule is N#C/C(=C\c1cc(Br)ccc1Cc1cccc(F)c1)C(=O)Nc1ccc(OCc2ccccc2)cc1. The van der Waals surface area contributed by atoms with Gasteiger partial charge in [-0.1, -0.05) is 64.5 Å². The minimum atomic E-state index is -0.521. The maximum Gasteiger partial charge on any atom is 0.266 e. The first-order chi connectivity index (χ1) is 17.5. The Kier molecular flexibility index (Phi) is 8.28. The van der Waals surface area contributed by atoms with Crippen molar-refractivity contribution in [2.24, 2.45) is 0 Å². The number of amides is 1. The molecule has 0 aromatic heterocycles. The predicted molar refractivity (Wildman–Crippen MR) is 143 cm³/mol. The summed E-state index contributed by atoms with van der Waals surface area (Å²) in [5, 5.41) is 12.4. The third-order valence-electron chi connectivity index (χ3n) is 5.42. The second-order valence-corrected chi connectivity index (χ2v) is 8.99. The summed E-state index contributed by atoms with van der Waals surface area (Å²) in [4.78, 5) is 12.8. The molecule has 178 valence electrons. The molecule has 0 spiro atoms. The van der Waals surface area contributed by atoms with Crippen molar-refractivity contribution in [2.75, 3.05) is 5.32 Å². The first-order valence-corrected chi connectivity index (χ1v) is 12.0. The van der Waals surface area contributed by atoms with E-state index in [2.05, 4.69) is 21.2 Å². The predicted octanol–water partition coefficient (Wildman–Crippen LogP) is 7.30. The highest BCUT2D eigenvalue weighted by atomic mass is 79.9. The fourth-order valence-electron chi connectivity index (χ4n) is 3.61. The standard InChI is InChI=1S/C30H22BrFN2O2/c31-26-10-9-23(15-22-7-4-8-27(32)16-22)24(18-26)17-25(19-33)30(35)34-28-11-13-29(14-12-28)36-20-21-5-2-1-3-6-21/h1-14,16-18H,15,20H2,(H,34,35)/b25-17+. The Labute approximate surface area is 217 Å². The number of hydrogen-bond acceptors (Lipinski definition) is 3. The molecule has 0 saturated heterocycles. The molecule has 1 N–H and O–H groups in total. The molecule has 4 rings (SSSR count). The third-order valence-corrected chi connectivity index (χ3v) is 5.91. The van der Waals surface area contributed by atoms with Gasteiger partial charge in [-0.3, -0.25) is 4.79 Å². The van der Waals surface area contributed by atoms with Crippen LogP contribution in [0.5, 0.6) is 5.75 Å². The number of ether oxygens (including phenoxy) is 1. The Bertz CT molecular complexity index is 1430. The van der Waals surface area contributed by atoms with Gasteiger partial charge in [0.05, 0.1) is 0 Å². The zero-order valence-corrected chi connectivity index (χ0v) is 20.8. The maximum absolute atomic E-state index is 13.6. The van der Waals surface area contributed by atoms with Crippen LogP contribution in [0.3, 0.4) is 0 Å². The normalized spacial score (nSPS) is 11.0. The number of carbonyl (C=O) groups excluding carboxylic acids is 1. The van der Waals surface area contributed by atoms with Crippen molar-refractivity contribution in [3.05, 3.63) is 135 Å². The largest absolute Gasteiger partial charge is 0.489 e. The monoisotopic (exact) mass is 540 g/mol. The van der Waals surface area contributed by atoms with Gasteiger partial charge in [-0.15, -0.1) is 0 Å². The minimum Gasteiger partial charge on any atom is -0.489 e. The third kappa shape index (κ3) is 6.91. The van der Waals surface area contributed by atoms with Gasteiger partial charge in [-0.05, 0) is 83.3 Å². The summed E-state index contributed by atoms with van der Waals surface area (Å²) in [5.41, 5.74) is 3.92. The van der Waals surface area contributed by atoms with Gasteiger partial charge >= 0.3 is 0 Å². The molecule has 0 aliphatic carbocycles. The van der Waals surface area contributed by atoms with E-state index in [0.29, 0.717) is 30.0 Å². The molecule has 0 bridgehead atoms. The molecule has 0 atom stereocenters. The molecule has 0 aliphatic rings.